The molecule has 0 unspecified atom stereocenters. The van der Waals surface area contributed by atoms with Crippen molar-refractivity contribution in [3.05, 3.63) is 35.6 Å². The minimum Gasteiger partial charge on any atom is -0.481 e. The normalized spacial score (nSPS) is 18.2. The van der Waals surface area contributed by atoms with Crippen molar-refractivity contribution in [3.8, 4) is 0 Å². The predicted octanol–water partition coefficient (Wildman–Crippen LogP) is 1.72. The summed E-state index contributed by atoms with van der Waals surface area (Å²) in [6, 6.07) is 5.96. The molecule has 0 saturated carbocycles. The van der Waals surface area contributed by atoms with Crippen LogP contribution in [0.1, 0.15) is 31.9 Å². The second-order valence-corrected chi connectivity index (χ2v) is 5.24. The first-order valence-corrected chi connectivity index (χ1v) is 7.05. The zero-order chi connectivity index (χ0) is 16.7. The predicted molar refractivity (Wildman–Crippen MR) is 80.8 cm³/mol. The molecular weight excluding hydrogens is 289 g/mol. The first-order chi connectivity index (χ1) is 10.3. The Bertz CT molecular complexity index is 503. The number of carbonyl (C=O) groups is 2. The lowest BCUT2D eigenvalue weighted by atomic mass is 10.1. The summed E-state index contributed by atoms with van der Waals surface area (Å²) in [6.45, 7) is 4.26. The lowest BCUT2D eigenvalue weighted by Gasteiger charge is -2.21. The SMILES string of the molecule is CC(=O)O.C[C@@H](NC(=O)N1CC[C@H](N)C1)c1ccc(F)cc1. The Morgan fingerprint density at radius 2 is 1.95 bits per heavy atom. The number of hydrogen-bond acceptors (Lipinski definition) is 3. The fourth-order valence-corrected chi connectivity index (χ4v) is 2.08. The van der Waals surface area contributed by atoms with Crippen molar-refractivity contribution >= 4 is 12.0 Å². The van der Waals surface area contributed by atoms with Crippen LogP contribution in [-0.4, -0.2) is 41.1 Å². The van der Waals surface area contributed by atoms with Crippen molar-refractivity contribution in [1.29, 1.82) is 0 Å². The number of likely N-dealkylation sites (tertiary alicyclic amines) is 1. The molecule has 0 aromatic heterocycles. The van der Waals surface area contributed by atoms with Crippen molar-refractivity contribution in [1.82, 2.24) is 10.2 Å². The van der Waals surface area contributed by atoms with Gasteiger partial charge in [-0.05, 0) is 31.0 Å². The molecule has 2 amide bonds. The molecule has 1 aromatic rings. The minimum atomic E-state index is -0.833. The van der Waals surface area contributed by atoms with Gasteiger partial charge in [-0.15, -0.1) is 0 Å². The van der Waals surface area contributed by atoms with Crippen LogP contribution < -0.4 is 11.1 Å². The third-order valence-corrected chi connectivity index (χ3v) is 3.22. The molecule has 22 heavy (non-hydrogen) atoms. The lowest BCUT2D eigenvalue weighted by Crippen LogP contribution is -2.40. The molecule has 1 fully saturated rings. The maximum atomic E-state index is 12.8. The van der Waals surface area contributed by atoms with Gasteiger partial charge in [0, 0.05) is 26.1 Å². The first kappa shape index (κ1) is 17.9. The molecular formula is C15H22FN3O3. The average Bonchev–Trinajstić information content (AvgIpc) is 2.85. The second kappa shape index (κ2) is 8.33. The van der Waals surface area contributed by atoms with Gasteiger partial charge in [0.25, 0.3) is 5.97 Å². The highest BCUT2D eigenvalue weighted by molar-refractivity contribution is 5.75. The third kappa shape index (κ3) is 6.09. The van der Waals surface area contributed by atoms with Crippen LogP contribution in [0.25, 0.3) is 0 Å². The standard InChI is InChI=1S/C13H18FN3O.C2H4O2/c1-9(10-2-4-11(14)5-3-10)16-13(18)17-7-6-12(15)8-17;1-2(3)4/h2-5,9,12H,6-8,15H2,1H3,(H,16,18);1H3,(H,3,4)/t9-,12+;/m1./s1. The quantitative estimate of drug-likeness (QED) is 0.775. The van der Waals surface area contributed by atoms with E-state index in [4.69, 9.17) is 15.6 Å². The highest BCUT2D eigenvalue weighted by Crippen LogP contribution is 2.14. The molecule has 0 radical (unpaired) electrons. The van der Waals surface area contributed by atoms with Crippen molar-refractivity contribution < 1.29 is 19.1 Å². The van der Waals surface area contributed by atoms with E-state index in [-0.39, 0.29) is 23.9 Å². The van der Waals surface area contributed by atoms with Crippen LogP contribution in [-0.2, 0) is 4.79 Å². The van der Waals surface area contributed by atoms with Crippen LogP contribution in [0.3, 0.4) is 0 Å². The number of nitrogens with two attached hydrogens (primary N) is 1. The van der Waals surface area contributed by atoms with Crippen LogP contribution in [0.15, 0.2) is 24.3 Å². The summed E-state index contributed by atoms with van der Waals surface area (Å²) in [5.41, 5.74) is 6.64. The number of urea groups is 1. The van der Waals surface area contributed by atoms with Gasteiger partial charge < -0.3 is 21.1 Å². The molecule has 1 saturated heterocycles. The largest absolute Gasteiger partial charge is 0.481 e. The molecule has 0 aliphatic carbocycles. The van der Waals surface area contributed by atoms with Crippen LogP contribution in [0, 0.1) is 5.82 Å². The molecule has 7 heteroatoms. The Kier molecular flexibility index (Phi) is 6.78. The number of carboxylic acids is 1. The van der Waals surface area contributed by atoms with Gasteiger partial charge in [-0.2, -0.15) is 0 Å². The summed E-state index contributed by atoms with van der Waals surface area (Å²) in [7, 11) is 0. The fourth-order valence-electron chi connectivity index (χ4n) is 2.08. The van der Waals surface area contributed by atoms with Crippen molar-refractivity contribution in [3.63, 3.8) is 0 Å². The molecule has 1 heterocycles. The summed E-state index contributed by atoms with van der Waals surface area (Å²) in [6.07, 6.45) is 0.846. The van der Waals surface area contributed by atoms with E-state index >= 15 is 0 Å². The Balaban J connectivity index is 0.000000541. The summed E-state index contributed by atoms with van der Waals surface area (Å²) < 4.78 is 12.8. The minimum absolute atomic E-state index is 0.0804. The third-order valence-electron chi connectivity index (χ3n) is 3.22. The summed E-state index contributed by atoms with van der Waals surface area (Å²) >= 11 is 0. The Morgan fingerprint density at radius 1 is 1.41 bits per heavy atom. The summed E-state index contributed by atoms with van der Waals surface area (Å²) in [4.78, 5) is 22.6. The van der Waals surface area contributed by atoms with E-state index in [2.05, 4.69) is 5.32 Å². The van der Waals surface area contributed by atoms with Crippen LogP contribution in [0.4, 0.5) is 9.18 Å². The maximum absolute atomic E-state index is 12.8. The Morgan fingerprint density at radius 3 is 2.41 bits per heavy atom. The van der Waals surface area contributed by atoms with Gasteiger partial charge in [-0.3, -0.25) is 4.79 Å². The summed E-state index contributed by atoms with van der Waals surface area (Å²) in [5.74, 6) is -1.11. The van der Waals surface area contributed by atoms with Gasteiger partial charge in [0.1, 0.15) is 5.82 Å². The van der Waals surface area contributed by atoms with Crippen molar-refractivity contribution in [2.75, 3.05) is 13.1 Å². The van der Waals surface area contributed by atoms with Crippen molar-refractivity contribution in [2.24, 2.45) is 5.73 Å². The fraction of sp³-hybridized carbons (Fsp3) is 0.467. The second-order valence-electron chi connectivity index (χ2n) is 5.24. The molecule has 4 N–H and O–H groups in total. The zero-order valence-corrected chi connectivity index (χ0v) is 12.8. The molecule has 0 bridgehead atoms. The number of halogens is 1. The zero-order valence-electron chi connectivity index (χ0n) is 12.8. The molecule has 6 nitrogen and oxygen atoms in total. The van der Waals surface area contributed by atoms with E-state index in [1.54, 1.807) is 17.0 Å². The van der Waals surface area contributed by atoms with E-state index in [1.165, 1.54) is 12.1 Å². The first-order valence-electron chi connectivity index (χ1n) is 7.05. The van der Waals surface area contributed by atoms with E-state index < -0.39 is 5.97 Å². The molecule has 2 rings (SSSR count). The molecule has 1 aliphatic heterocycles. The highest BCUT2D eigenvalue weighted by atomic mass is 19.1. The lowest BCUT2D eigenvalue weighted by molar-refractivity contribution is -0.134. The van der Waals surface area contributed by atoms with Gasteiger partial charge >= 0.3 is 6.03 Å². The number of rotatable bonds is 2. The van der Waals surface area contributed by atoms with E-state index in [0.29, 0.717) is 13.1 Å². The molecule has 1 aromatic carbocycles. The average molecular weight is 311 g/mol. The maximum Gasteiger partial charge on any atom is 0.317 e. The van der Waals surface area contributed by atoms with E-state index in [0.717, 1.165) is 18.9 Å². The van der Waals surface area contributed by atoms with Gasteiger partial charge in [-0.1, -0.05) is 12.1 Å². The molecule has 0 spiro atoms. The van der Waals surface area contributed by atoms with Gasteiger partial charge in [0.2, 0.25) is 0 Å². The number of nitrogens with zero attached hydrogens (tertiary/aromatic N) is 1. The molecule has 122 valence electrons. The smallest absolute Gasteiger partial charge is 0.317 e. The number of hydrogen-bond donors (Lipinski definition) is 3. The van der Waals surface area contributed by atoms with Crippen LogP contribution in [0.5, 0.6) is 0 Å². The number of nitrogens with one attached hydrogen (secondary N) is 1. The van der Waals surface area contributed by atoms with E-state index in [9.17, 15) is 9.18 Å². The van der Waals surface area contributed by atoms with Crippen LogP contribution in [0.2, 0.25) is 0 Å². The van der Waals surface area contributed by atoms with Gasteiger partial charge in [0.05, 0.1) is 6.04 Å². The Hall–Kier alpha value is -2.15. The van der Waals surface area contributed by atoms with Crippen molar-refractivity contribution in [2.45, 2.75) is 32.4 Å². The summed E-state index contributed by atoms with van der Waals surface area (Å²) in [5, 5.41) is 10.3. The van der Waals surface area contributed by atoms with Crippen LogP contribution >= 0.6 is 0 Å². The topological polar surface area (TPSA) is 95.7 Å². The highest BCUT2D eigenvalue weighted by Gasteiger charge is 2.24. The van der Waals surface area contributed by atoms with E-state index in [1.807, 2.05) is 6.92 Å². The van der Waals surface area contributed by atoms with Gasteiger partial charge in [-0.25, -0.2) is 9.18 Å². The molecule has 1 aliphatic rings. The number of amides is 2. The number of carboxylic acid groups (broad SMARTS) is 1. The van der Waals surface area contributed by atoms with Gasteiger partial charge in [0.15, 0.2) is 0 Å². The number of benzene rings is 1. The number of carbonyl (C=O) groups excluding carboxylic acids is 1. The Labute approximate surface area is 129 Å². The molecule has 2 atom stereocenters. The number of aliphatic carboxylic acids is 1. The monoisotopic (exact) mass is 311 g/mol.